The predicted molar refractivity (Wildman–Crippen MR) is 77.6 cm³/mol. The third-order valence-electron chi connectivity index (χ3n) is 3.35. The van der Waals surface area contributed by atoms with E-state index in [0.717, 1.165) is 11.1 Å². The number of aromatic nitrogens is 2. The smallest absolute Gasteiger partial charge is 0.340 e. The van der Waals surface area contributed by atoms with Crippen LogP contribution in [0, 0.1) is 12.7 Å². The van der Waals surface area contributed by atoms with Crippen LogP contribution in [-0.2, 0) is 4.74 Å². The van der Waals surface area contributed by atoms with Gasteiger partial charge in [0.15, 0.2) is 0 Å². The van der Waals surface area contributed by atoms with E-state index in [-0.39, 0.29) is 5.82 Å². The third-order valence-corrected chi connectivity index (χ3v) is 3.35. The van der Waals surface area contributed by atoms with Gasteiger partial charge in [0.2, 0.25) is 0 Å². The molecule has 2 aromatic carbocycles. The molecule has 0 amide bonds. The molecule has 0 atom stereocenters. The first-order valence-electron chi connectivity index (χ1n) is 6.43. The van der Waals surface area contributed by atoms with Crippen LogP contribution < -0.4 is 0 Å². The second-order valence-corrected chi connectivity index (χ2v) is 4.74. The predicted octanol–water partition coefficient (Wildman–Crippen LogP) is 3.46. The number of para-hydroxylation sites is 1. The highest BCUT2D eigenvalue weighted by Crippen LogP contribution is 2.24. The number of aryl methyl sites for hydroxylation is 1. The van der Waals surface area contributed by atoms with Crippen LogP contribution in [0.4, 0.5) is 4.39 Å². The number of rotatable bonds is 2. The zero-order valence-electron chi connectivity index (χ0n) is 11.6. The molecule has 0 radical (unpaired) electrons. The molecule has 1 aromatic heterocycles. The summed E-state index contributed by atoms with van der Waals surface area (Å²) >= 11 is 0. The van der Waals surface area contributed by atoms with Crippen molar-refractivity contribution in [3.63, 3.8) is 0 Å². The molecular formula is C16H13FN2O2. The van der Waals surface area contributed by atoms with E-state index in [9.17, 15) is 9.18 Å². The van der Waals surface area contributed by atoms with Crippen molar-refractivity contribution >= 4 is 17.0 Å². The molecule has 0 saturated heterocycles. The maximum atomic E-state index is 13.3. The summed E-state index contributed by atoms with van der Waals surface area (Å²) in [6.45, 7) is 1.70. The van der Waals surface area contributed by atoms with Gasteiger partial charge in [0.05, 0.1) is 18.2 Å². The van der Waals surface area contributed by atoms with Crippen LogP contribution in [0.1, 0.15) is 15.9 Å². The van der Waals surface area contributed by atoms with Crippen LogP contribution in [0.2, 0.25) is 0 Å². The second-order valence-electron chi connectivity index (χ2n) is 4.74. The van der Waals surface area contributed by atoms with E-state index < -0.39 is 5.97 Å². The van der Waals surface area contributed by atoms with Crippen molar-refractivity contribution in [1.82, 2.24) is 9.97 Å². The minimum absolute atomic E-state index is 0.259. The highest BCUT2D eigenvalue weighted by Gasteiger charge is 2.14. The first-order chi connectivity index (χ1) is 10.1. The zero-order chi connectivity index (χ0) is 15.0. The Bertz CT molecular complexity index is 839. The average Bonchev–Trinajstić information content (AvgIpc) is 2.93. The number of esters is 1. The van der Waals surface area contributed by atoms with Crippen LogP contribution >= 0.6 is 0 Å². The number of ether oxygens (including phenoxy) is 1. The SMILES string of the molecule is COC(=O)c1cccc2[nH]c(-c3ccc(F)c(C)c3)nc12. The van der Waals surface area contributed by atoms with Gasteiger partial charge in [-0.25, -0.2) is 14.2 Å². The summed E-state index contributed by atoms with van der Waals surface area (Å²) in [4.78, 5) is 19.3. The van der Waals surface area contributed by atoms with Crippen molar-refractivity contribution < 1.29 is 13.9 Å². The maximum Gasteiger partial charge on any atom is 0.340 e. The molecule has 3 aromatic rings. The topological polar surface area (TPSA) is 55.0 Å². The summed E-state index contributed by atoms with van der Waals surface area (Å²) in [5.74, 6) is -0.108. The summed E-state index contributed by atoms with van der Waals surface area (Å²) in [7, 11) is 1.33. The minimum Gasteiger partial charge on any atom is -0.465 e. The van der Waals surface area contributed by atoms with Crippen LogP contribution in [0.3, 0.4) is 0 Å². The van der Waals surface area contributed by atoms with E-state index in [1.165, 1.54) is 13.2 Å². The monoisotopic (exact) mass is 284 g/mol. The summed E-state index contributed by atoms with van der Waals surface area (Å²) in [5.41, 5.74) is 2.98. The summed E-state index contributed by atoms with van der Waals surface area (Å²) in [6, 6.07) is 10.0. The summed E-state index contributed by atoms with van der Waals surface area (Å²) < 4.78 is 18.1. The Kier molecular flexibility index (Phi) is 3.17. The Morgan fingerprint density at radius 1 is 1.29 bits per heavy atom. The van der Waals surface area contributed by atoms with Gasteiger partial charge in [0.1, 0.15) is 17.2 Å². The van der Waals surface area contributed by atoms with Gasteiger partial charge in [-0.2, -0.15) is 0 Å². The van der Waals surface area contributed by atoms with Gasteiger partial charge in [-0.1, -0.05) is 6.07 Å². The third kappa shape index (κ3) is 2.27. The van der Waals surface area contributed by atoms with Crippen molar-refractivity contribution in [2.24, 2.45) is 0 Å². The van der Waals surface area contributed by atoms with Gasteiger partial charge in [-0.15, -0.1) is 0 Å². The molecule has 4 nitrogen and oxygen atoms in total. The molecule has 5 heteroatoms. The van der Waals surface area contributed by atoms with Gasteiger partial charge in [0, 0.05) is 5.56 Å². The van der Waals surface area contributed by atoms with E-state index in [1.807, 2.05) is 6.07 Å². The Hall–Kier alpha value is -2.69. The first kappa shape index (κ1) is 13.3. The van der Waals surface area contributed by atoms with Gasteiger partial charge < -0.3 is 9.72 Å². The van der Waals surface area contributed by atoms with Crippen LogP contribution in [0.5, 0.6) is 0 Å². The molecule has 0 aliphatic rings. The van der Waals surface area contributed by atoms with Gasteiger partial charge in [-0.05, 0) is 42.8 Å². The van der Waals surface area contributed by atoms with E-state index in [1.54, 1.807) is 31.2 Å². The molecule has 106 valence electrons. The van der Waals surface area contributed by atoms with Gasteiger partial charge >= 0.3 is 5.97 Å². The number of nitrogens with zero attached hydrogens (tertiary/aromatic N) is 1. The molecule has 0 bridgehead atoms. The van der Waals surface area contributed by atoms with Gasteiger partial charge in [-0.3, -0.25) is 0 Å². The maximum absolute atomic E-state index is 13.3. The molecule has 0 fully saturated rings. The second kappa shape index (κ2) is 5.01. The number of aromatic amines is 1. The highest BCUT2D eigenvalue weighted by molar-refractivity contribution is 6.02. The number of methoxy groups -OCH3 is 1. The zero-order valence-corrected chi connectivity index (χ0v) is 11.6. The molecule has 3 rings (SSSR count). The number of fused-ring (bicyclic) bond motifs is 1. The number of carbonyl (C=O) groups is 1. The average molecular weight is 284 g/mol. The standard InChI is InChI=1S/C16H13FN2O2/c1-9-8-10(6-7-12(9)17)15-18-13-5-3-4-11(14(13)19-15)16(20)21-2/h3-8H,1-2H3,(H,18,19). The Labute approximate surface area is 120 Å². The number of H-pyrrole nitrogens is 1. The molecule has 21 heavy (non-hydrogen) atoms. The van der Waals surface area contributed by atoms with Crippen LogP contribution in [0.25, 0.3) is 22.4 Å². The minimum atomic E-state index is -0.436. The van der Waals surface area contributed by atoms with Crippen molar-refractivity contribution in [3.8, 4) is 11.4 Å². The molecule has 1 heterocycles. The largest absolute Gasteiger partial charge is 0.465 e. The van der Waals surface area contributed by atoms with Crippen molar-refractivity contribution in [2.45, 2.75) is 6.92 Å². The Morgan fingerprint density at radius 3 is 2.81 bits per heavy atom. The fraction of sp³-hybridized carbons (Fsp3) is 0.125. The first-order valence-corrected chi connectivity index (χ1v) is 6.43. The molecule has 0 aliphatic carbocycles. The number of hydrogen-bond acceptors (Lipinski definition) is 3. The molecular weight excluding hydrogens is 271 g/mol. The number of hydrogen-bond donors (Lipinski definition) is 1. The van der Waals surface area contributed by atoms with Crippen molar-refractivity contribution in [3.05, 3.63) is 53.3 Å². The van der Waals surface area contributed by atoms with E-state index in [2.05, 4.69) is 9.97 Å². The lowest BCUT2D eigenvalue weighted by Gasteiger charge is -2.00. The fourth-order valence-electron chi connectivity index (χ4n) is 2.24. The Balaban J connectivity index is 2.17. The van der Waals surface area contributed by atoms with E-state index in [4.69, 9.17) is 4.74 Å². The molecule has 1 N–H and O–H groups in total. The normalized spacial score (nSPS) is 10.8. The molecule has 0 saturated carbocycles. The lowest BCUT2D eigenvalue weighted by molar-refractivity contribution is 0.0603. The molecule has 0 spiro atoms. The number of benzene rings is 2. The lowest BCUT2D eigenvalue weighted by Crippen LogP contribution is -2.01. The molecule has 0 unspecified atom stereocenters. The number of halogens is 1. The number of carbonyl (C=O) groups excluding carboxylic acids is 1. The quantitative estimate of drug-likeness (QED) is 0.733. The van der Waals surface area contributed by atoms with Crippen LogP contribution in [0.15, 0.2) is 36.4 Å². The fourth-order valence-corrected chi connectivity index (χ4v) is 2.24. The highest BCUT2D eigenvalue weighted by atomic mass is 19.1. The Morgan fingerprint density at radius 2 is 2.10 bits per heavy atom. The number of imidazole rings is 1. The van der Waals surface area contributed by atoms with E-state index in [0.29, 0.717) is 22.5 Å². The summed E-state index contributed by atoms with van der Waals surface area (Å²) in [5, 5.41) is 0. The van der Waals surface area contributed by atoms with Crippen molar-refractivity contribution in [1.29, 1.82) is 0 Å². The molecule has 0 aliphatic heterocycles. The van der Waals surface area contributed by atoms with Crippen LogP contribution in [-0.4, -0.2) is 23.0 Å². The number of nitrogens with one attached hydrogen (secondary N) is 1. The van der Waals surface area contributed by atoms with Crippen molar-refractivity contribution in [2.75, 3.05) is 7.11 Å². The lowest BCUT2D eigenvalue weighted by atomic mass is 10.1. The summed E-state index contributed by atoms with van der Waals surface area (Å²) in [6.07, 6.45) is 0. The van der Waals surface area contributed by atoms with E-state index >= 15 is 0 Å². The van der Waals surface area contributed by atoms with Gasteiger partial charge in [0.25, 0.3) is 0 Å².